The first kappa shape index (κ1) is 14.5. The molecule has 1 atom stereocenters. The summed E-state index contributed by atoms with van der Waals surface area (Å²) in [6.45, 7) is -0.0259. The molecule has 1 N–H and O–H groups in total. The summed E-state index contributed by atoms with van der Waals surface area (Å²) in [5.41, 5.74) is 0.911. The number of hydrogen-bond donors (Lipinski definition) is 1. The maximum atomic E-state index is 12.1. The Morgan fingerprint density at radius 2 is 2.22 bits per heavy atom. The minimum Gasteiger partial charge on any atom is -0.435 e. The molecule has 1 unspecified atom stereocenters. The maximum Gasteiger partial charge on any atom is 0.387 e. The van der Waals surface area contributed by atoms with Gasteiger partial charge in [-0.25, -0.2) is 0 Å². The van der Waals surface area contributed by atoms with Crippen LogP contribution in [-0.2, 0) is 0 Å². The molecular formula is C14H17F2NO. The van der Waals surface area contributed by atoms with E-state index in [0.717, 1.165) is 24.9 Å². The lowest BCUT2D eigenvalue weighted by atomic mass is 10.1. The normalized spacial score (nSPS) is 12.2. The fourth-order valence-electron chi connectivity index (χ4n) is 1.59. The van der Waals surface area contributed by atoms with E-state index in [-0.39, 0.29) is 11.8 Å². The Morgan fingerprint density at radius 3 is 2.89 bits per heavy atom. The summed E-state index contributed by atoms with van der Waals surface area (Å²) in [4.78, 5) is 0. The van der Waals surface area contributed by atoms with Gasteiger partial charge in [-0.1, -0.05) is 12.1 Å². The van der Waals surface area contributed by atoms with Gasteiger partial charge in [-0.15, -0.1) is 12.3 Å². The molecule has 0 aliphatic rings. The highest BCUT2D eigenvalue weighted by Gasteiger charge is 2.08. The van der Waals surface area contributed by atoms with Crippen molar-refractivity contribution < 1.29 is 13.5 Å². The van der Waals surface area contributed by atoms with Crippen LogP contribution in [0, 0.1) is 12.3 Å². The van der Waals surface area contributed by atoms with Gasteiger partial charge in [0.15, 0.2) is 0 Å². The van der Waals surface area contributed by atoms with Crippen LogP contribution in [0.3, 0.4) is 0 Å². The second-order valence-electron chi connectivity index (χ2n) is 3.93. The van der Waals surface area contributed by atoms with Crippen LogP contribution < -0.4 is 10.1 Å². The predicted octanol–water partition coefficient (Wildman–Crippen LogP) is 3.35. The van der Waals surface area contributed by atoms with E-state index in [1.165, 1.54) is 6.07 Å². The lowest BCUT2D eigenvalue weighted by Crippen LogP contribution is -2.19. The summed E-state index contributed by atoms with van der Waals surface area (Å²) in [6, 6.07) is 6.78. The Balaban J connectivity index is 2.52. The monoisotopic (exact) mass is 253 g/mol. The molecule has 1 rings (SSSR count). The van der Waals surface area contributed by atoms with Gasteiger partial charge in [0.25, 0.3) is 0 Å². The van der Waals surface area contributed by atoms with Crippen LogP contribution in [0.2, 0.25) is 0 Å². The fourth-order valence-corrected chi connectivity index (χ4v) is 1.59. The maximum absolute atomic E-state index is 12.1. The summed E-state index contributed by atoms with van der Waals surface area (Å²) in [6.07, 6.45) is 6.78. The van der Waals surface area contributed by atoms with E-state index < -0.39 is 6.61 Å². The van der Waals surface area contributed by atoms with Crippen LogP contribution in [0.15, 0.2) is 24.3 Å². The summed E-state index contributed by atoms with van der Waals surface area (Å²) >= 11 is 0. The van der Waals surface area contributed by atoms with Crippen molar-refractivity contribution in [1.29, 1.82) is 0 Å². The second kappa shape index (κ2) is 7.67. The molecule has 98 valence electrons. The van der Waals surface area contributed by atoms with Crippen LogP contribution >= 0.6 is 0 Å². The zero-order valence-electron chi connectivity index (χ0n) is 10.3. The molecule has 0 aliphatic carbocycles. The lowest BCUT2D eigenvalue weighted by Gasteiger charge is -2.15. The molecule has 1 aromatic carbocycles. The van der Waals surface area contributed by atoms with Gasteiger partial charge in [0, 0.05) is 12.5 Å². The summed E-state index contributed by atoms with van der Waals surface area (Å²) < 4.78 is 28.5. The van der Waals surface area contributed by atoms with Crippen molar-refractivity contribution in [2.45, 2.75) is 32.4 Å². The number of nitrogens with one attached hydrogen (secondary N) is 1. The highest BCUT2D eigenvalue weighted by Crippen LogP contribution is 2.20. The summed E-state index contributed by atoms with van der Waals surface area (Å²) in [7, 11) is 0. The molecule has 0 aliphatic heterocycles. The van der Waals surface area contributed by atoms with Crippen LogP contribution in [0.25, 0.3) is 0 Å². The number of hydrogen-bond acceptors (Lipinski definition) is 2. The summed E-state index contributed by atoms with van der Waals surface area (Å²) in [5, 5.41) is 3.28. The molecule has 0 bridgehead atoms. The van der Waals surface area contributed by atoms with E-state index in [1.807, 2.05) is 13.0 Å². The van der Waals surface area contributed by atoms with Crippen molar-refractivity contribution in [3.8, 4) is 18.1 Å². The van der Waals surface area contributed by atoms with E-state index in [9.17, 15) is 8.78 Å². The van der Waals surface area contributed by atoms with Crippen molar-refractivity contribution in [3.63, 3.8) is 0 Å². The number of benzene rings is 1. The van der Waals surface area contributed by atoms with Gasteiger partial charge in [0.1, 0.15) is 5.75 Å². The predicted molar refractivity (Wildman–Crippen MR) is 67.6 cm³/mol. The van der Waals surface area contributed by atoms with E-state index in [0.29, 0.717) is 0 Å². The van der Waals surface area contributed by atoms with Crippen molar-refractivity contribution in [2.24, 2.45) is 0 Å². The zero-order chi connectivity index (χ0) is 13.4. The number of unbranched alkanes of at least 4 members (excludes halogenated alkanes) is 1. The Bertz CT molecular complexity index is 401. The van der Waals surface area contributed by atoms with Crippen LogP contribution in [-0.4, -0.2) is 13.2 Å². The molecule has 0 heterocycles. The van der Waals surface area contributed by atoms with E-state index in [1.54, 1.807) is 12.1 Å². The van der Waals surface area contributed by atoms with Crippen molar-refractivity contribution in [3.05, 3.63) is 29.8 Å². The molecule has 0 spiro atoms. The Morgan fingerprint density at radius 1 is 1.44 bits per heavy atom. The standard InChI is InChI=1S/C14H17F2NO/c1-3-4-5-9-17-11(2)12-7-6-8-13(10-12)18-14(15)16/h1,6-8,10-11,14,17H,4-5,9H2,2H3. The zero-order valence-corrected chi connectivity index (χ0v) is 10.3. The number of ether oxygens (including phenoxy) is 1. The number of halogens is 2. The largest absolute Gasteiger partial charge is 0.435 e. The first-order chi connectivity index (χ1) is 8.63. The van der Waals surface area contributed by atoms with Crippen molar-refractivity contribution >= 4 is 0 Å². The molecule has 0 amide bonds. The van der Waals surface area contributed by atoms with Gasteiger partial charge >= 0.3 is 6.61 Å². The average Bonchev–Trinajstić information content (AvgIpc) is 2.34. The molecular weight excluding hydrogens is 236 g/mol. The highest BCUT2D eigenvalue weighted by atomic mass is 19.3. The molecule has 4 heteroatoms. The minimum atomic E-state index is -2.79. The number of alkyl halides is 2. The average molecular weight is 253 g/mol. The van der Waals surface area contributed by atoms with Crippen LogP contribution in [0.1, 0.15) is 31.4 Å². The quantitative estimate of drug-likeness (QED) is 0.594. The SMILES string of the molecule is C#CCCCNC(C)c1cccc(OC(F)F)c1. The molecule has 0 saturated heterocycles. The number of rotatable bonds is 7. The third-order valence-electron chi connectivity index (χ3n) is 2.53. The Hall–Kier alpha value is -1.60. The van der Waals surface area contributed by atoms with Gasteiger partial charge < -0.3 is 10.1 Å². The third kappa shape index (κ3) is 5.15. The molecule has 1 aromatic rings. The third-order valence-corrected chi connectivity index (χ3v) is 2.53. The van der Waals surface area contributed by atoms with Crippen molar-refractivity contribution in [1.82, 2.24) is 5.32 Å². The van der Waals surface area contributed by atoms with Crippen LogP contribution in [0.5, 0.6) is 5.75 Å². The topological polar surface area (TPSA) is 21.3 Å². The van der Waals surface area contributed by atoms with E-state index in [2.05, 4.69) is 16.0 Å². The first-order valence-corrected chi connectivity index (χ1v) is 5.85. The minimum absolute atomic E-state index is 0.0731. The Kier molecular flexibility index (Phi) is 6.16. The first-order valence-electron chi connectivity index (χ1n) is 5.85. The molecule has 2 nitrogen and oxygen atoms in total. The molecule has 0 aromatic heterocycles. The van der Waals surface area contributed by atoms with Crippen molar-refractivity contribution in [2.75, 3.05) is 6.54 Å². The van der Waals surface area contributed by atoms with Crippen LogP contribution in [0.4, 0.5) is 8.78 Å². The molecule has 0 radical (unpaired) electrons. The highest BCUT2D eigenvalue weighted by molar-refractivity contribution is 5.30. The van der Waals surface area contributed by atoms with Gasteiger partial charge in [-0.2, -0.15) is 8.78 Å². The second-order valence-corrected chi connectivity index (χ2v) is 3.93. The fraction of sp³-hybridized carbons (Fsp3) is 0.429. The van der Waals surface area contributed by atoms with E-state index in [4.69, 9.17) is 6.42 Å². The molecule has 0 fully saturated rings. The Labute approximate surface area is 106 Å². The lowest BCUT2D eigenvalue weighted by molar-refractivity contribution is -0.0499. The van der Waals surface area contributed by atoms with Gasteiger partial charge in [-0.05, 0) is 37.6 Å². The van der Waals surface area contributed by atoms with E-state index >= 15 is 0 Å². The summed E-state index contributed by atoms with van der Waals surface area (Å²) in [5.74, 6) is 2.75. The smallest absolute Gasteiger partial charge is 0.387 e. The molecule has 0 saturated carbocycles. The number of terminal acetylenes is 1. The molecule has 18 heavy (non-hydrogen) atoms. The van der Waals surface area contributed by atoms with Gasteiger partial charge in [-0.3, -0.25) is 0 Å². The van der Waals surface area contributed by atoms with Gasteiger partial charge in [0.05, 0.1) is 0 Å². The van der Waals surface area contributed by atoms with Gasteiger partial charge in [0.2, 0.25) is 0 Å².